The van der Waals surface area contributed by atoms with Crippen LogP contribution in [-0.4, -0.2) is 48.0 Å². The summed E-state index contributed by atoms with van der Waals surface area (Å²) in [6.07, 6.45) is 2.76. The van der Waals surface area contributed by atoms with Gasteiger partial charge in [0.2, 0.25) is 11.8 Å². The number of aromatic nitrogens is 1. The Balaban J connectivity index is 1.52. The Kier molecular flexibility index (Phi) is 4.95. The number of fused-ring (bicyclic) bond motifs is 1. The Hall–Kier alpha value is -1.89. The van der Waals surface area contributed by atoms with Gasteiger partial charge in [-0.15, -0.1) is 0 Å². The molecule has 0 spiro atoms. The molecule has 7 nitrogen and oxygen atoms in total. The van der Waals surface area contributed by atoms with E-state index in [0.717, 1.165) is 30.4 Å². The highest BCUT2D eigenvalue weighted by Gasteiger charge is 2.29. The van der Waals surface area contributed by atoms with Crippen LogP contribution in [0, 0.1) is 0 Å². The number of carbonyl (C=O) groups is 2. The highest BCUT2D eigenvalue weighted by molar-refractivity contribution is 5.76. The Morgan fingerprint density at radius 2 is 2.30 bits per heavy atom. The van der Waals surface area contributed by atoms with E-state index < -0.39 is 0 Å². The van der Waals surface area contributed by atoms with Crippen LogP contribution >= 0.6 is 0 Å². The largest absolute Gasteiger partial charge is 0.445 e. The minimum Gasteiger partial charge on any atom is -0.445 e. The van der Waals surface area contributed by atoms with Crippen LogP contribution in [0.2, 0.25) is 0 Å². The van der Waals surface area contributed by atoms with Crippen molar-refractivity contribution in [1.29, 1.82) is 0 Å². The standard InChI is InChI=1S/C16H23N3O4/c1-11(20)17-6-2-3-15(21)19-7-4-14-13(9-19)18-16(23-14)12-5-8-22-10-12/h12H,2-10H2,1H3,(H,17,20). The minimum absolute atomic E-state index is 0.0638. The number of hydrogen-bond donors (Lipinski definition) is 1. The van der Waals surface area contributed by atoms with Gasteiger partial charge < -0.3 is 19.4 Å². The topological polar surface area (TPSA) is 84.7 Å². The van der Waals surface area contributed by atoms with Crippen LogP contribution in [0.3, 0.4) is 0 Å². The predicted molar refractivity (Wildman–Crippen MR) is 81.7 cm³/mol. The summed E-state index contributed by atoms with van der Waals surface area (Å²) in [5.74, 6) is 1.96. The molecule has 2 aliphatic heterocycles. The van der Waals surface area contributed by atoms with E-state index in [1.165, 1.54) is 6.92 Å². The van der Waals surface area contributed by atoms with E-state index >= 15 is 0 Å². The van der Waals surface area contributed by atoms with Crippen LogP contribution < -0.4 is 5.32 Å². The highest BCUT2D eigenvalue weighted by atomic mass is 16.5. The highest BCUT2D eigenvalue weighted by Crippen LogP contribution is 2.29. The van der Waals surface area contributed by atoms with Crippen molar-refractivity contribution in [3.05, 3.63) is 17.3 Å². The fourth-order valence-electron chi connectivity index (χ4n) is 3.00. The van der Waals surface area contributed by atoms with Gasteiger partial charge in [-0.3, -0.25) is 9.59 Å². The van der Waals surface area contributed by atoms with E-state index in [2.05, 4.69) is 10.3 Å². The molecule has 7 heteroatoms. The summed E-state index contributed by atoms with van der Waals surface area (Å²) in [5.41, 5.74) is 0.883. The number of ether oxygens (including phenoxy) is 1. The van der Waals surface area contributed by atoms with Gasteiger partial charge in [-0.1, -0.05) is 0 Å². The zero-order valence-electron chi connectivity index (χ0n) is 13.5. The van der Waals surface area contributed by atoms with E-state index in [4.69, 9.17) is 9.15 Å². The minimum atomic E-state index is -0.0638. The molecule has 0 bridgehead atoms. The summed E-state index contributed by atoms with van der Waals surface area (Å²) in [4.78, 5) is 29.5. The van der Waals surface area contributed by atoms with Crippen LogP contribution in [0.1, 0.15) is 49.4 Å². The van der Waals surface area contributed by atoms with Gasteiger partial charge in [-0.25, -0.2) is 4.98 Å². The SMILES string of the molecule is CC(=O)NCCCC(=O)N1CCc2oc(C3CCOC3)nc2C1. The molecule has 1 unspecified atom stereocenters. The lowest BCUT2D eigenvalue weighted by Gasteiger charge is -2.25. The van der Waals surface area contributed by atoms with E-state index in [9.17, 15) is 9.59 Å². The molecule has 1 atom stereocenters. The number of hydrogen-bond acceptors (Lipinski definition) is 5. The zero-order chi connectivity index (χ0) is 16.2. The van der Waals surface area contributed by atoms with E-state index in [0.29, 0.717) is 45.5 Å². The van der Waals surface area contributed by atoms with Crippen LogP contribution in [0.5, 0.6) is 0 Å². The summed E-state index contributed by atoms with van der Waals surface area (Å²) < 4.78 is 11.2. The molecule has 23 heavy (non-hydrogen) atoms. The first-order valence-corrected chi connectivity index (χ1v) is 8.22. The summed E-state index contributed by atoms with van der Waals surface area (Å²) in [7, 11) is 0. The molecule has 1 aromatic heterocycles. The van der Waals surface area contributed by atoms with Crippen LogP contribution in [0.25, 0.3) is 0 Å². The molecule has 1 N–H and O–H groups in total. The lowest BCUT2D eigenvalue weighted by molar-refractivity contribution is -0.132. The summed E-state index contributed by atoms with van der Waals surface area (Å²) in [6, 6.07) is 0. The summed E-state index contributed by atoms with van der Waals surface area (Å²) in [6.45, 7) is 4.64. The molecule has 1 saturated heterocycles. The lowest BCUT2D eigenvalue weighted by Crippen LogP contribution is -2.36. The fraction of sp³-hybridized carbons (Fsp3) is 0.688. The first-order chi connectivity index (χ1) is 11.1. The third kappa shape index (κ3) is 3.90. The second-order valence-corrected chi connectivity index (χ2v) is 6.13. The van der Waals surface area contributed by atoms with Crippen molar-refractivity contribution in [3.63, 3.8) is 0 Å². The number of oxazole rings is 1. The molecular weight excluding hydrogens is 298 g/mol. The molecule has 1 fully saturated rings. The average molecular weight is 321 g/mol. The van der Waals surface area contributed by atoms with Crippen molar-refractivity contribution in [2.75, 3.05) is 26.3 Å². The van der Waals surface area contributed by atoms with Crippen molar-refractivity contribution < 1.29 is 18.7 Å². The lowest BCUT2D eigenvalue weighted by atomic mass is 10.1. The second-order valence-electron chi connectivity index (χ2n) is 6.13. The van der Waals surface area contributed by atoms with Gasteiger partial charge >= 0.3 is 0 Å². The quantitative estimate of drug-likeness (QED) is 0.817. The molecule has 2 aliphatic rings. The Labute approximate surface area is 135 Å². The van der Waals surface area contributed by atoms with E-state index in [-0.39, 0.29) is 17.7 Å². The van der Waals surface area contributed by atoms with Gasteiger partial charge in [-0.05, 0) is 12.8 Å². The normalized spacial score (nSPS) is 20.4. The van der Waals surface area contributed by atoms with Crippen molar-refractivity contribution in [3.8, 4) is 0 Å². The maximum absolute atomic E-state index is 12.3. The summed E-state index contributed by atoms with van der Waals surface area (Å²) in [5, 5.41) is 2.71. The number of nitrogens with one attached hydrogen (secondary N) is 1. The molecular formula is C16H23N3O4. The number of amides is 2. The number of carbonyl (C=O) groups excluding carboxylic acids is 2. The van der Waals surface area contributed by atoms with Crippen molar-refractivity contribution >= 4 is 11.8 Å². The van der Waals surface area contributed by atoms with Gasteiger partial charge in [0.05, 0.1) is 19.1 Å². The molecule has 2 amide bonds. The smallest absolute Gasteiger partial charge is 0.223 e. The first kappa shape index (κ1) is 16.0. The Morgan fingerprint density at radius 1 is 1.43 bits per heavy atom. The fourth-order valence-corrected chi connectivity index (χ4v) is 3.00. The Morgan fingerprint density at radius 3 is 3.04 bits per heavy atom. The monoisotopic (exact) mass is 321 g/mol. The third-order valence-corrected chi connectivity index (χ3v) is 4.32. The van der Waals surface area contributed by atoms with Gasteiger partial charge in [0.15, 0.2) is 5.89 Å². The van der Waals surface area contributed by atoms with Crippen LogP contribution in [0.4, 0.5) is 0 Å². The van der Waals surface area contributed by atoms with Crippen molar-refractivity contribution in [1.82, 2.24) is 15.2 Å². The second kappa shape index (κ2) is 7.12. The zero-order valence-corrected chi connectivity index (χ0v) is 13.5. The number of nitrogens with zero attached hydrogens (tertiary/aromatic N) is 2. The molecule has 126 valence electrons. The van der Waals surface area contributed by atoms with Crippen LogP contribution in [0.15, 0.2) is 4.42 Å². The maximum Gasteiger partial charge on any atom is 0.223 e. The molecule has 3 heterocycles. The van der Waals surface area contributed by atoms with Gasteiger partial charge in [0, 0.05) is 39.5 Å². The summed E-state index contributed by atoms with van der Waals surface area (Å²) >= 11 is 0. The number of rotatable bonds is 5. The van der Waals surface area contributed by atoms with Crippen molar-refractivity contribution in [2.45, 2.75) is 45.1 Å². The van der Waals surface area contributed by atoms with Gasteiger partial charge in [0.25, 0.3) is 0 Å². The molecule has 0 aromatic carbocycles. The van der Waals surface area contributed by atoms with Crippen molar-refractivity contribution in [2.24, 2.45) is 0 Å². The average Bonchev–Trinajstić information content (AvgIpc) is 3.18. The first-order valence-electron chi connectivity index (χ1n) is 8.22. The van der Waals surface area contributed by atoms with Crippen LogP contribution in [-0.2, 0) is 27.3 Å². The van der Waals surface area contributed by atoms with E-state index in [1.54, 1.807) is 0 Å². The maximum atomic E-state index is 12.3. The predicted octanol–water partition coefficient (Wildman–Crippen LogP) is 0.979. The van der Waals surface area contributed by atoms with Gasteiger partial charge in [0.1, 0.15) is 11.5 Å². The molecule has 0 aliphatic carbocycles. The molecule has 0 saturated carbocycles. The third-order valence-electron chi connectivity index (χ3n) is 4.32. The van der Waals surface area contributed by atoms with E-state index in [1.807, 2.05) is 4.90 Å². The Bertz CT molecular complexity index is 578. The molecule has 0 radical (unpaired) electrons. The molecule has 1 aromatic rings. The molecule has 3 rings (SSSR count). The van der Waals surface area contributed by atoms with Gasteiger partial charge in [-0.2, -0.15) is 0 Å².